The molecule has 0 atom stereocenters. The van der Waals surface area contributed by atoms with Crippen LogP contribution in [0.5, 0.6) is 17.2 Å². The fourth-order valence-electron chi connectivity index (χ4n) is 1.88. The van der Waals surface area contributed by atoms with E-state index in [1.54, 1.807) is 48.6 Å². The third kappa shape index (κ3) is 3.76. The molecule has 0 aliphatic rings. The summed E-state index contributed by atoms with van der Waals surface area (Å²) in [6.07, 6.45) is 6.44. The van der Waals surface area contributed by atoms with Crippen molar-refractivity contribution in [2.45, 2.75) is 0 Å². The smallest absolute Gasteiger partial charge is 0.189 e. The number of methoxy groups -OCH3 is 1. The largest absolute Gasteiger partial charge is 0.507 e. The molecule has 4 heteroatoms. The van der Waals surface area contributed by atoms with Gasteiger partial charge in [-0.1, -0.05) is 36.4 Å². The second kappa shape index (κ2) is 7.13. The van der Waals surface area contributed by atoms with Gasteiger partial charge in [0.25, 0.3) is 0 Å². The molecule has 2 aromatic rings. The number of aromatic hydroxyl groups is 2. The van der Waals surface area contributed by atoms with E-state index in [1.807, 2.05) is 0 Å². The third-order valence-corrected chi connectivity index (χ3v) is 3.02. The van der Waals surface area contributed by atoms with Crippen LogP contribution in [0.4, 0.5) is 0 Å². The number of carbonyl (C=O) groups excluding carboxylic acids is 1. The van der Waals surface area contributed by atoms with Gasteiger partial charge in [0.1, 0.15) is 5.75 Å². The van der Waals surface area contributed by atoms with E-state index < -0.39 is 0 Å². The average molecular weight is 296 g/mol. The Balaban J connectivity index is 2.06. The molecule has 4 nitrogen and oxygen atoms in total. The summed E-state index contributed by atoms with van der Waals surface area (Å²) in [7, 11) is 1.48. The van der Waals surface area contributed by atoms with Gasteiger partial charge in [0.05, 0.1) is 12.7 Å². The minimum absolute atomic E-state index is 0.0376. The van der Waals surface area contributed by atoms with Crippen molar-refractivity contribution in [3.8, 4) is 17.2 Å². The van der Waals surface area contributed by atoms with Gasteiger partial charge in [-0.05, 0) is 35.9 Å². The number of rotatable bonds is 5. The molecule has 0 radical (unpaired) electrons. The van der Waals surface area contributed by atoms with Gasteiger partial charge >= 0.3 is 0 Å². The summed E-state index contributed by atoms with van der Waals surface area (Å²) in [6.45, 7) is 0. The third-order valence-electron chi connectivity index (χ3n) is 3.02. The summed E-state index contributed by atoms with van der Waals surface area (Å²) < 4.78 is 5.02. The predicted octanol–water partition coefficient (Wildman–Crippen LogP) is 3.56. The standard InChI is InChI=1S/C18H16O4/c1-22-18-12-13(10-11-17(18)21)6-2-4-8-15(19)14-7-3-5-9-16(14)20/h2-12,20-21H,1H3/b6-2+,8-4+. The van der Waals surface area contributed by atoms with E-state index in [-0.39, 0.29) is 22.8 Å². The van der Waals surface area contributed by atoms with Gasteiger partial charge < -0.3 is 14.9 Å². The summed E-state index contributed by atoms with van der Waals surface area (Å²) in [5.74, 6) is 0.150. The maximum absolute atomic E-state index is 11.9. The number of allylic oxidation sites excluding steroid dienone is 3. The quantitative estimate of drug-likeness (QED) is 0.503. The van der Waals surface area contributed by atoms with Gasteiger partial charge in [0.2, 0.25) is 0 Å². The van der Waals surface area contributed by atoms with Crippen LogP contribution in [0.3, 0.4) is 0 Å². The van der Waals surface area contributed by atoms with Gasteiger partial charge in [0.15, 0.2) is 17.3 Å². The Bertz CT molecular complexity index is 730. The fourth-order valence-corrected chi connectivity index (χ4v) is 1.88. The molecule has 0 bridgehead atoms. The van der Waals surface area contributed by atoms with Crippen molar-refractivity contribution in [2.75, 3.05) is 7.11 Å². The molecule has 0 spiro atoms. The van der Waals surface area contributed by atoms with E-state index in [2.05, 4.69) is 0 Å². The van der Waals surface area contributed by atoms with Crippen molar-refractivity contribution >= 4 is 11.9 Å². The number of benzene rings is 2. The first-order chi connectivity index (χ1) is 10.6. The Morgan fingerprint density at radius 2 is 1.82 bits per heavy atom. The summed E-state index contributed by atoms with van der Waals surface area (Å²) in [5, 5.41) is 19.1. The minimum atomic E-state index is -0.272. The van der Waals surface area contributed by atoms with E-state index in [0.717, 1.165) is 5.56 Å². The van der Waals surface area contributed by atoms with Crippen molar-refractivity contribution < 1.29 is 19.7 Å². The summed E-state index contributed by atoms with van der Waals surface area (Å²) >= 11 is 0. The lowest BCUT2D eigenvalue weighted by atomic mass is 10.1. The highest BCUT2D eigenvalue weighted by Gasteiger charge is 2.05. The second-order valence-electron chi connectivity index (χ2n) is 4.53. The number of carbonyl (C=O) groups is 1. The van der Waals surface area contributed by atoms with E-state index in [0.29, 0.717) is 5.75 Å². The molecule has 0 amide bonds. The van der Waals surface area contributed by atoms with Gasteiger partial charge in [-0.25, -0.2) is 0 Å². The molecule has 2 aromatic carbocycles. The molecule has 2 rings (SSSR count). The first-order valence-electron chi connectivity index (χ1n) is 6.66. The zero-order valence-electron chi connectivity index (χ0n) is 12.1. The van der Waals surface area contributed by atoms with Crippen LogP contribution in [0.2, 0.25) is 0 Å². The Morgan fingerprint density at radius 3 is 2.55 bits per heavy atom. The van der Waals surface area contributed by atoms with Crippen molar-refractivity contribution in [1.29, 1.82) is 0 Å². The highest BCUT2D eigenvalue weighted by Crippen LogP contribution is 2.26. The van der Waals surface area contributed by atoms with Gasteiger partial charge in [-0.2, -0.15) is 0 Å². The predicted molar refractivity (Wildman–Crippen MR) is 85.3 cm³/mol. The molecule has 0 aliphatic carbocycles. The molecule has 0 aromatic heterocycles. The van der Waals surface area contributed by atoms with Crippen molar-refractivity contribution in [3.63, 3.8) is 0 Å². The Labute approximate surface area is 128 Å². The minimum Gasteiger partial charge on any atom is -0.507 e. The molecular weight excluding hydrogens is 280 g/mol. The highest BCUT2D eigenvalue weighted by molar-refractivity contribution is 6.06. The van der Waals surface area contributed by atoms with Crippen LogP contribution in [0.25, 0.3) is 6.08 Å². The molecule has 0 heterocycles. The molecular formula is C18H16O4. The van der Waals surface area contributed by atoms with Crippen LogP contribution in [0.1, 0.15) is 15.9 Å². The summed E-state index contributed by atoms with van der Waals surface area (Å²) in [5.41, 5.74) is 1.09. The summed E-state index contributed by atoms with van der Waals surface area (Å²) in [6, 6.07) is 11.3. The molecule has 22 heavy (non-hydrogen) atoms. The average Bonchev–Trinajstić information content (AvgIpc) is 2.53. The summed E-state index contributed by atoms with van der Waals surface area (Å²) in [4.78, 5) is 11.9. The monoisotopic (exact) mass is 296 g/mol. The van der Waals surface area contributed by atoms with Crippen LogP contribution >= 0.6 is 0 Å². The van der Waals surface area contributed by atoms with Crippen LogP contribution in [-0.2, 0) is 0 Å². The van der Waals surface area contributed by atoms with E-state index in [9.17, 15) is 15.0 Å². The zero-order valence-corrected chi connectivity index (χ0v) is 12.1. The van der Waals surface area contributed by atoms with Gasteiger partial charge in [-0.3, -0.25) is 4.79 Å². The molecule has 0 fully saturated rings. The number of ketones is 1. The van der Waals surface area contributed by atoms with Crippen LogP contribution in [0.15, 0.2) is 60.7 Å². The Hall–Kier alpha value is -3.01. The lowest BCUT2D eigenvalue weighted by Gasteiger charge is -2.03. The lowest BCUT2D eigenvalue weighted by molar-refractivity contribution is 0.104. The maximum Gasteiger partial charge on any atom is 0.189 e. The maximum atomic E-state index is 11.9. The molecule has 0 saturated heterocycles. The fraction of sp³-hybridized carbons (Fsp3) is 0.0556. The number of phenols is 2. The second-order valence-corrected chi connectivity index (χ2v) is 4.53. The number of hydrogen-bond acceptors (Lipinski definition) is 4. The Kier molecular flexibility index (Phi) is 4.98. The van der Waals surface area contributed by atoms with E-state index >= 15 is 0 Å². The number of para-hydroxylation sites is 1. The van der Waals surface area contributed by atoms with Crippen LogP contribution < -0.4 is 4.74 Å². The molecule has 2 N–H and O–H groups in total. The van der Waals surface area contributed by atoms with Crippen molar-refractivity contribution in [1.82, 2.24) is 0 Å². The molecule has 112 valence electrons. The zero-order chi connectivity index (χ0) is 15.9. The first-order valence-corrected chi connectivity index (χ1v) is 6.66. The van der Waals surface area contributed by atoms with Gasteiger partial charge in [0, 0.05) is 0 Å². The van der Waals surface area contributed by atoms with Crippen LogP contribution in [0, 0.1) is 0 Å². The molecule has 0 aliphatic heterocycles. The topological polar surface area (TPSA) is 66.8 Å². The van der Waals surface area contributed by atoms with Crippen molar-refractivity contribution in [3.05, 3.63) is 71.8 Å². The SMILES string of the molecule is COc1cc(/C=C/C=C/C(=O)c2ccccc2O)ccc1O. The van der Waals surface area contributed by atoms with E-state index in [1.165, 1.54) is 25.3 Å². The molecule has 0 unspecified atom stereocenters. The Morgan fingerprint density at radius 1 is 1.05 bits per heavy atom. The number of ether oxygens (including phenoxy) is 1. The highest BCUT2D eigenvalue weighted by atomic mass is 16.5. The lowest BCUT2D eigenvalue weighted by Crippen LogP contribution is -1.93. The number of phenolic OH excluding ortho intramolecular Hbond substituents is 2. The molecule has 0 saturated carbocycles. The van der Waals surface area contributed by atoms with Crippen molar-refractivity contribution in [2.24, 2.45) is 0 Å². The van der Waals surface area contributed by atoms with Gasteiger partial charge in [-0.15, -0.1) is 0 Å². The first kappa shape index (κ1) is 15.4. The number of hydrogen-bond donors (Lipinski definition) is 2. The normalized spacial score (nSPS) is 11.1. The van der Waals surface area contributed by atoms with Crippen LogP contribution in [-0.4, -0.2) is 23.1 Å². The van der Waals surface area contributed by atoms with E-state index in [4.69, 9.17) is 4.74 Å².